The Balaban J connectivity index is 2.01. The van der Waals surface area contributed by atoms with Crippen molar-refractivity contribution in [3.63, 3.8) is 0 Å². The topological polar surface area (TPSA) is 145 Å². The first-order valence-corrected chi connectivity index (χ1v) is 7.75. The zero-order valence-corrected chi connectivity index (χ0v) is 14.2. The first-order valence-electron chi connectivity index (χ1n) is 6.93. The summed E-state index contributed by atoms with van der Waals surface area (Å²) in [6.07, 6.45) is 0.906. The van der Waals surface area contributed by atoms with Crippen molar-refractivity contribution in [3.05, 3.63) is 24.0 Å². The van der Waals surface area contributed by atoms with Crippen LogP contribution >= 0.6 is 11.3 Å². The molecule has 0 fully saturated rings. The molecule has 0 radical (unpaired) electrons. The van der Waals surface area contributed by atoms with Crippen LogP contribution in [-0.4, -0.2) is 27.6 Å². The van der Waals surface area contributed by atoms with Crippen molar-refractivity contribution in [2.24, 2.45) is 5.73 Å². The first-order chi connectivity index (χ1) is 11.1. The van der Waals surface area contributed by atoms with Crippen LogP contribution in [0.3, 0.4) is 0 Å². The van der Waals surface area contributed by atoms with Gasteiger partial charge in [-0.05, 0) is 32.9 Å². The van der Waals surface area contributed by atoms with Gasteiger partial charge in [0.25, 0.3) is 5.91 Å². The molecule has 24 heavy (non-hydrogen) atoms. The monoisotopic (exact) mass is 350 g/mol. The zero-order valence-electron chi connectivity index (χ0n) is 13.4. The van der Waals surface area contributed by atoms with Crippen molar-refractivity contribution >= 4 is 45.0 Å². The number of aromatic nitrogens is 2. The molecule has 0 spiro atoms. The van der Waals surface area contributed by atoms with Crippen molar-refractivity contribution in [3.8, 4) is 0 Å². The van der Waals surface area contributed by atoms with E-state index >= 15 is 0 Å². The van der Waals surface area contributed by atoms with Crippen LogP contribution < -0.4 is 22.1 Å². The number of nitrogens with zero attached hydrogens (tertiary/aromatic N) is 2. The molecule has 6 N–H and O–H groups in total. The Morgan fingerprint density at radius 3 is 2.50 bits per heavy atom. The highest BCUT2D eigenvalue weighted by molar-refractivity contribution is 7.19. The maximum Gasteiger partial charge on any atom is 0.413 e. The third-order valence-electron chi connectivity index (χ3n) is 2.53. The average Bonchev–Trinajstić information content (AvgIpc) is 2.80. The molecule has 2 aromatic heterocycles. The van der Waals surface area contributed by atoms with Gasteiger partial charge in [0.05, 0.1) is 11.9 Å². The quantitative estimate of drug-likeness (QED) is 0.662. The number of carbonyl (C=O) groups is 2. The van der Waals surface area contributed by atoms with Crippen LogP contribution in [0.25, 0.3) is 0 Å². The largest absolute Gasteiger partial charge is 0.444 e. The number of hydrogen-bond donors (Lipinski definition) is 4. The molecule has 0 aromatic carbocycles. The van der Waals surface area contributed by atoms with Crippen molar-refractivity contribution in [2.75, 3.05) is 16.4 Å². The lowest BCUT2D eigenvalue weighted by Gasteiger charge is -2.19. The van der Waals surface area contributed by atoms with E-state index in [1.54, 1.807) is 32.9 Å². The number of hydrogen-bond acceptors (Lipinski definition) is 8. The molecule has 10 heteroatoms. The molecule has 2 rings (SSSR count). The number of ether oxygens (including phenoxy) is 1. The Labute approximate surface area is 142 Å². The summed E-state index contributed by atoms with van der Waals surface area (Å²) in [4.78, 5) is 30.9. The van der Waals surface area contributed by atoms with Gasteiger partial charge in [0.15, 0.2) is 10.8 Å². The predicted octanol–water partition coefficient (Wildman–Crippen LogP) is 2.31. The van der Waals surface area contributed by atoms with Crippen molar-refractivity contribution in [2.45, 2.75) is 26.4 Å². The normalized spacial score (nSPS) is 11.0. The molecule has 128 valence electrons. The molecule has 2 aromatic rings. The van der Waals surface area contributed by atoms with E-state index in [1.165, 1.54) is 6.20 Å². The summed E-state index contributed by atoms with van der Waals surface area (Å²) in [6.45, 7) is 5.31. The van der Waals surface area contributed by atoms with E-state index in [-0.39, 0.29) is 10.7 Å². The Morgan fingerprint density at radius 1 is 1.29 bits per heavy atom. The maximum atomic E-state index is 11.7. The molecule has 0 unspecified atom stereocenters. The van der Waals surface area contributed by atoms with Gasteiger partial charge >= 0.3 is 6.09 Å². The van der Waals surface area contributed by atoms with Gasteiger partial charge in [-0.25, -0.2) is 14.8 Å². The molecule has 0 atom stereocenters. The van der Waals surface area contributed by atoms with E-state index in [2.05, 4.69) is 20.6 Å². The third kappa shape index (κ3) is 4.81. The summed E-state index contributed by atoms with van der Waals surface area (Å²) < 4.78 is 5.13. The zero-order chi connectivity index (χ0) is 17.9. The summed E-state index contributed by atoms with van der Waals surface area (Å²) in [6, 6.07) is 3.28. The second-order valence-corrected chi connectivity index (χ2v) is 6.81. The second-order valence-electron chi connectivity index (χ2n) is 5.78. The molecule has 0 saturated heterocycles. The van der Waals surface area contributed by atoms with Crippen LogP contribution in [-0.2, 0) is 4.74 Å². The van der Waals surface area contributed by atoms with E-state index in [0.717, 1.165) is 11.3 Å². The number of nitrogens with two attached hydrogens (primary N) is 2. The van der Waals surface area contributed by atoms with Gasteiger partial charge in [0.2, 0.25) is 0 Å². The van der Waals surface area contributed by atoms with Gasteiger partial charge in [-0.1, -0.05) is 11.3 Å². The fourth-order valence-corrected chi connectivity index (χ4v) is 2.39. The predicted molar refractivity (Wildman–Crippen MR) is 92.4 cm³/mol. The number of thiazole rings is 1. The van der Waals surface area contributed by atoms with Crippen LogP contribution in [0.1, 0.15) is 31.3 Å². The number of nitrogens with one attached hydrogen (secondary N) is 2. The van der Waals surface area contributed by atoms with Gasteiger partial charge < -0.3 is 21.5 Å². The minimum atomic E-state index is -0.688. The molecule has 0 aliphatic rings. The van der Waals surface area contributed by atoms with E-state index < -0.39 is 17.6 Å². The van der Waals surface area contributed by atoms with Gasteiger partial charge in [-0.2, -0.15) is 0 Å². The number of nitrogen functional groups attached to an aromatic ring is 1. The second kappa shape index (κ2) is 6.71. The molecule has 0 aliphatic carbocycles. The first kappa shape index (κ1) is 17.5. The number of carbonyl (C=O) groups excluding carboxylic acids is 2. The fourth-order valence-electron chi connectivity index (χ4n) is 1.64. The minimum absolute atomic E-state index is 0.0265. The number of pyridine rings is 1. The maximum absolute atomic E-state index is 11.7. The number of primary amides is 1. The van der Waals surface area contributed by atoms with E-state index in [0.29, 0.717) is 16.6 Å². The Kier molecular flexibility index (Phi) is 4.88. The summed E-state index contributed by atoms with van der Waals surface area (Å²) in [5.74, 6) is -0.349. The average molecular weight is 350 g/mol. The smallest absolute Gasteiger partial charge is 0.413 e. The summed E-state index contributed by atoms with van der Waals surface area (Å²) in [7, 11) is 0. The van der Waals surface area contributed by atoms with Crippen LogP contribution in [0.15, 0.2) is 18.3 Å². The Hall–Kier alpha value is -2.88. The lowest BCUT2D eigenvalue weighted by molar-refractivity contribution is 0.0635. The van der Waals surface area contributed by atoms with Gasteiger partial charge in [0, 0.05) is 0 Å². The minimum Gasteiger partial charge on any atom is -0.444 e. The van der Waals surface area contributed by atoms with Crippen LogP contribution in [0.2, 0.25) is 0 Å². The molecular formula is C14H18N6O3S. The summed E-state index contributed by atoms with van der Waals surface area (Å²) in [5, 5.41) is 6.13. The summed E-state index contributed by atoms with van der Waals surface area (Å²) >= 11 is 1.10. The highest BCUT2D eigenvalue weighted by Crippen LogP contribution is 2.27. The highest BCUT2D eigenvalue weighted by atomic mass is 32.1. The van der Waals surface area contributed by atoms with E-state index in [1.807, 2.05) is 0 Å². The molecule has 2 amide bonds. The molecule has 9 nitrogen and oxygen atoms in total. The lowest BCUT2D eigenvalue weighted by atomic mass is 10.2. The fraction of sp³-hybridized carbons (Fsp3) is 0.286. The Bertz CT molecular complexity index is 751. The third-order valence-corrected chi connectivity index (χ3v) is 3.33. The number of anilines is 4. The Morgan fingerprint density at radius 2 is 2.00 bits per heavy atom. The van der Waals surface area contributed by atoms with Crippen molar-refractivity contribution < 1.29 is 14.3 Å². The highest BCUT2D eigenvalue weighted by Gasteiger charge is 2.17. The summed E-state index contributed by atoms with van der Waals surface area (Å²) in [5.41, 5.74) is 10.9. The van der Waals surface area contributed by atoms with Crippen LogP contribution in [0, 0.1) is 0 Å². The molecule has 0 aliphatic heterocycles. The number of rotatable bonds is 4. The van der Waals surface area contributed by atoms with Crippen LogP contribution in [0.5, 0.6) is 0 Å². The molecular weight excluding hydrogens is 332 g/mol. The van der Waals surface area contributed by atoms with Gasteiger partial charge in [-0.15, -0.1) is 0 Å². The lowest BCUT2D eigenvalue weighted by Crippen LogP contribution is -2.27. The molecule has 0 bridgehead atoms. The van der Waals surface area contributed by atoms with Crippen LogP contribution in [0.4, 0.5) is 26.4 Å². The van der Waals surface area contributed by atoms with Gasteiger partial charge in [-0.3, -0.25) is 10.1 Å². The van der Waals surface area contributed by atoms with Crippen molar-refractivity contribution in [1.29, 1.82) is 0 Å². The standard InChI is InChI=1S/C14H18N6O3S/c1-14(2,3)23-13(22)19-8-5-4-7(6-17-8)18-12-20-9(10(15)21)11(16)24-12/h4-6H,16H2,1-3H3,(H2,15,21)(H,18,20)(H,17,19,22). The van der Waals surface area contributed by atoms with Gasteiger partial charge in [0.1, 0.15) is 16.4 Å². The molecule has 2 heterocycles. The van der Waals surface area contributed by atoms with E-state index in [9.17, 15) is 9.59 Å². The SMILES string of the molecule is CC(C)(C)OC(=O)Nc1ccc(Nc2nc(C(N)=O)c(N)s2)cn1. The number of amides is 2. The van der Waals surface area contributed by atoms with Crippen molar-refractivity contribution in [1.82, 2.24) is 9.97 Å². The molecule has 0 saturated carbocycles. The van der Waals surface area contributed by atoms with E-state index in [4.69, 9.17) is 16.2 Å².